The second-order valence-electron chi connectivity index (χ2n) is 4.47. The van der Waals surface area contributed by atoms with E-state index >= 15 is 0 Å². The SMILES string of the molecule is Cn1ccc(CN2CCC(CC(=O)O)C2)n1. The molecule has 0 radical (unpaired) electrons. The minimum Gasteiger partial charge on any atom is -0.481 e. The predicted molar refractivity (Wildman–Crippen MR) is 58.8 cm³/mol. The number of aryl methyl sites for hydroxylation is 1. The molecule has 5 heteroatoms. The minimum absolute atomic E-state index is 0.290. The van der Waals surface area contributed by atoms with Crippen LogP contribution in [-0.2, 0) is 18.4 Å². The zero-order chi connectivity index (χ0) is 11.5. The zero-order valence-electron chi connectivity index (χ0n) is 9.46. The van der Waals surface area contributed by atoms with Gasteiger partial charge in [-0.2, -0.15) is 5.10 Å². The van der Waals surface area contributed by atoms with Crippen molar-refractivity contribution in [1.29, 1.82) is 0 Å². The fourth-order valence-electron chi connectivity index (χ4n) is 2.25. The van der Waals surface area contributed by atoms with E-state index in [2.05, 4.69) is 10.00 Å². The lowest BCUT2D eigenvalue weighted by atomic mass is 10.1. The highest BCUT2D eigenvalue weighted by Gasteiger charge is 2.24. The third-order valence-corrected chi connectivity index (χ3v) is 2.99. The summed E-state index contributed by atoms with van der Waals surface area (Å²) >= 11 is 0. The van der Waals surface area contributed by atoms with Crippen LogP contribution in [-0.4, -0.2) is 38.8 Å². The van der Waals surface area contributed by atoms with E-state index < -0.39 is 5.97 Å². The number of aromatic nitrogens is 2. The van der Waals surface area contributed by atoms with Gasteiger partial charge in [0.05, 0.1) is 5.69 Å². The van der Waals surface area contributed by atoms with Gasteiger partial charge < -0.3 is 5.11 Å². The predicted octanol–water partition coefficient (Wildman–Crippen LogP) is 0.717. The second kappa shape index (κ2) is 4.65. The van der Waals surface area contributed by atoms with Gasteiger partial charge in [-0.25, -0.2) is 0 Å². The van der Waals surface area contributed by atoms with Crippen LogP contribution in [0.3, 0.4) is 0 Å². The summed E-state index contributed by atoms with van der Waals surface area (Å²) in [6.07, 6.45) is 3.21. The van der Waals surface area contributed by atoms with Crippen LogP contribution < -0.4 is 0 Å². The lowest BCUT2D eigenvalue weighted by Gasteiger charge is -2.13. The molecule has 1 aliphatic rings. The van der Waals surface area contributed by atoms with E-state index in [-0.39, 0.29) is 0 Å². The molecule has 2 rings (SSSR count). The number of carboxylic acids is 1. The molecule has 0 aliphatic carbocycles. The molecular formula is C11H17N3O2. The van der Waals surface area contributed by atoms with Gasteiger partial charge in [0.15, 0.2) is 0 Å². The van der Waals surface area contributed by atoms with E-state index in [4.69, 9.17) is 5.11 Å². The Balaban J connectivity index is 1.82. The molecule has 88 valence electrons. The molecule has 1 unspecified atom stereocenters. The Morgan fingerprint density at radius 1 is 1.69 bits per heavy atom. The topological polar surface area (TPSA) is 58.4 Å². The molecule has 0 spiro atoms. The average molecular weight is 223 g/mol. The smallest absolute Gasteiger partial charge is 0.303 e. The maximum atomic E-state index is 10.6. The Morgan fingerprint density at radius 3 is 3.12 bits per heavy atom. The number of rotatable bonds is 4. The third kappa shape index (κ3) is 2.82. The van der Waals surface area contributed by atoms with Gasteiger partial charge in [-0.1, -0.05) is 0 Å². The van der Waals surface area contributed by atoms with Crippen LogP contribution in [0.5, 0.6) is 0 Å². The first-order valence-corrected chi connectivity index (χ1v) is 5.56. The molecule has 1 saturated heterocycles. The zero-order valence-corrected chi connectivity index (χ0v) is 9.46. The van der Waals surface area contributed by atoms with Crippen molar-refractivity contribution < 1.29 is 9.90 Å². The van der Waals surface area contributed by atoms with Crippen LogP contribution in [0.4, 0.5) is 0 Å². The van der Waals surface area contributed by atoms with E-state index in [0.717, 1.165) is 31.7 Å². The average Bonchev–Trinajstić information content (AvgIpc) is 2.76. The molecule has 16 heavy (non-hydrogen) atoms. The van der Waals surface area contributed by atoms with Crippen molar-refractivity contribution in [3.05, 3.63) is 18.0 Å². The fraction of sp³-hybridized carbons (Fsp3) is 0.636. The normalized spacial score (nSPS) is 21.4. The van der Waals surface area contributed by atoms with E-state index in [1.165, 1.54) is 0 Å². The lowest BCUT2D eigenvalue weighted by molar-refractivity contribution is -0.138. The van der Waals surface area contributed by atoms with Crippen LogP contribution in [0, 0.1) is 5.92 Å². The first-order chi connectivity index (χ1) is 7.63. The number of hydrogen-bond acceptors (Lipinski definition) is 3. The molecule has 0 bridgehead atoms. The van der Waals surface area contributed by atoms with Crippen molar-refractivity contribution in [3.8, 4) is 0 Å². The molecule has 0 amide bonds. The molecule has 1 aliphatic heterocycles. The van der Waals surface area contributed by atoms with Gasteiger partial charge >= 0.3 is 5.97 Å². The van der Waals surface area contributed by atoms with Gasteiger partial charge in [0.25, 0.3) is 0 Å². The van der Waals surface area contributed by atoms with Crippen molar-refractivity contribution in [1.82, 2.24) is 14.7 Å². The van der Waals surface area contributed by atoms with Crippen molar-refractivity contribution >= 4 is 5.97 Å². The Labute approximate surface area is 94.7 Å². The molecular weight excluding hydrogens is 206 g/mol. The summed E-state index contributed by atoms with van der Waals surface area (Å²) in [6, 6.07) is 2.00. The van der Waals surface area contributed by atoms with Gasteiger partial charge in [0.2, 0.25) is 0 Å². The number of carboxylic acid groups (broad SMARTS) is 1. The van der Waals surface area contributed by atoms with E-state index in [0.29, 0.717) is 12.3 Å². The summed E-state index contributed by atoms with van der Waals surface area (Å²) in [4.78, 5) is 12.9. The van der Waals surface area contributed by atoms with Crippen molar-refractivity contribution in [2.75, 3.05) is 13.1 Å². The Kier molecular flexibility index (Phi) is 3.24. The maximum absolute atomic E-state index is 10.6. The summed E-state index contributed by atoms with van der Waals surface area (Å²) in [7, 11) is 1.90. The van der Waals surface area contributed by atoms with Gasteiger partial charge in [0, 0.05) is 32.8 Å². The summed E-state index contributed by atoms with van der Waals surface area (Å²) in [6.45, 7) is 2.69. The minimum atomic E-state index is -0.690. The van der Waals surface area contributed by atoms with Crippen molar-refractivity contribution in [2.45, 2.75) is 19.4 Å². The second-order valence-corrected chi connectivity index (χ2v) is 4.47. The first-order valence-electron chi connectivity index (χ1n) is 5.56. The van der Waals surface area contributed by atoms with Crippen LogP contribution in [0.15, 0.2) is 12.3 Å². The lowest BCUT2D eigenvalue weighted by Crippen LogP contribution is -2.21. The monoisotopic (exact) mass is 223 g/mol. The molecule has 1 N–H and O–H groups in total. The molecule has 1 atom stereocenters. The first kappa shape index (κ1) is 11.1. The summed E-state index contributed by atoms with van der Waals surface area (Å²) in [5, 5.41) is 13.0. The molecule has 0 aromatic carbocycles. The standard InChI is InChI=1S/C11H17N3O2/c1-13-4-3-10(12-13)8-14-5-2-9(7-14)6-11(15)16/h3-4,9H,2,5-8H2,1H3,(H,15,16). The van der Waals surface area contributed by atoms with Crippen molar-refractivity contribution in [3.63, 3.8) is 0 Å². The fourth-order valence-corrected chi connectivity index (χ4v) is 2.25. The highest BCUT2D eigenvalue weighted by molar-refractivity contribution is 5.67. The van der Waals surface area contributed by atoms with Gasteiger partial charge in [-0.3, -0.25) is 14.4 Å². The number of hydrogen-bond donors (Lipinski definition) is 1. The molecule has 5 nitrogen and oxygen atoms in total. The highest BCUT2D eigenvalue weighted by atomic mass is 16.4. The van der Waals surface area contributed by atoms with Crippen LogP contribution in [0.2, 0.25) is 0 Å². The molecule has 1 aromatic heterocycles. The largest absolute Gasteiger partial charge is 0.481 e. The van der Waals surface area contributed by atoms with E-state index in [9.17, 15) is 4.79 Å². The number of carbonyl (C=O) groups is 1. The Hall–Kier alpha value is -1.36. The van der Waals surface area contributed by atoms with E-state index in [1.54, 1.807) is 4.68 Å². The quantitative estimate of drug-likeness (QED) is 0.817. The van der Waals surface area contributed by atoms with Gasteiger partial charge in [-0.05, 0) is 24.9 Å². The summed E-state index contributed by atoms with van der Waals surface area (Å²) in [5.74, 6) is -0.383. The van der Waals surface area contributed by atoms with Gasteiger partial charge in [0.1, 0.15) is 0 Å². The van der Waals surface area contributed by atoms with Crippen LogP contribution >= 0.6 is 0 Å². The molecule has 1 aromatic rings. The van der Waals surface area contributed by atoms with Crippen LogP contribution in [0.1, 0.15) is 18.5 Å². The van der Waals surface area contributed by atoms with E-state index in [1.807, 2.05) is 19.3 Å². The number of nitrogens with zero attached hydrogens (tertiary/aromatic N) is 3. The molecule has 2 heterocycles. The van der Waals surface area contributed by atoms with Gasteiger partial charge in [-0.15, -0.1) is 0 Å². The summed E-state index contributed by atoms with van der Waals surface area (Å²) < 4.78 is 1.79. The number of likely N-dealkylation sites (tertiary alicyclic amines) is 1. The van der Waals surface area contributed by atoms with Crippen molar-refractivity contribution in [2.24, 2.45) is 13.0 Å². The third-order valence-electron chi connectivity index (χ3n) is 2.99. The summed E-state index contributed by atoms with van der Waals surface area (Å²) in [5.41, 5.74) is 1.05. The Morgan fingerprint density at radius 2 is 2.50 bits per heavy atom. The maximum Gasteiger partial charge on any atom is 0.303 e. The van der Waals surface area contributed by atoms with Crippen LogP contribution in [0.25, 0.3) is 0 Å². The number of aliphatic carboxylic acids is 1. The highest BCUT2D eigenvalue weighted by Crippen LogP contribution is 2.20. The Bertz CT molecular complexity index is 375. The molecule has 0 saturated carbocycles. The molecule has 1 fully saturated rings.